The summed E-state index contributed by atoms with van der Waals surface area (Å²) in [7, 11) is -4.40. The van der Waals surface area contributed by atoms with Crippen LogP contribution in [0.3, 0.4) is 0 Å². The van der Waals surface area contributed by atoms with Gasteiger partial charge in [0.2, 0.25) is 21.1 Å². The molecule has 120 valence electrons. The Kier molecular flexibility index (Phi) is 3.95. The van der Waals surface area contributed by atoms with Gasteiger partial charge in [0, 0.05) is 30.6 Å². The molecule has 1 heterocycles. The smallest absolute Gasteiger partial charge is 0.300 e. The van der Waals surface area contributed by atoms with Gasteiger partial charge < -0.3 is 4.57 Å². The summed E-state index contributed by atoms with van der Waals surface area (Å²) in [6.07, 6.45) is 1.68. The quantitative estimate of drug-likeness (QED) is 0.616. The number of pyridine rings is 1. The third-order valence-corrected chi connectivity index (χ3v) is 3.76. The van der Waals surface area contributed by atoms with Gasteiger partial charge in [-0.3, -0.25) is 25.0 Å². The Morgan fingerprint density at radius 3 is 2.00 bits per heavy atom. The summed E-state index contributed by atoms with van der Waals surface area (Å²) in [6.45, 7) is 0. The molecule has 2 N–H and O–H groups in total. The van der Waals surface area contributed by atoms with Gasteiger partial charge in [-0.05, 0) is 6.07 Å². The Morgan fingerprint density at radius 2 is 1.57 bits per heavy atom. The molecule has 1 aromatic carbocycles. The highest BCUT2D eigenvalue weighted by Gasteiger charge is 2.27. The lowest BCUT2D eigenvalue weighted by Crippen LogP contribution is -2.22. The lowest BCUT2D eigenvalue weighted by molar-refractivity contribution is -0.393. The first-order valence-corrected chi connectivity index (χ1v) is 7.35. The van der Waals surface area contributed by atoms with Crippen molar-refractivity contribution < 1.29 is 18.3 Å². The summed E-state index contributed by atoms with van der Waals surface area (Å²) in [6, 6.07) is 3.93. The van der Waals surface area contributed by atoms with Crippen molar-refractivity contribution in [1.82, 2.24) is 4.57 Å². The van der Waals surface area contributed by atoms with E-state index in [0.29, 0.717) is 6.20 Å². The molecule has 0 fully saturated rings. The summed E-state index contributed by atoms with van der Waals surface area (Å²) in [5, 5.41) is 27.1. The van der Waals surface area contributed by atoms with E-state index >= 15 is 0 Å². The van der Waals surface area contributed by atoms with Crippen LogP contribution in [-0.2, 0) is 10.0 Å². The molecule has 23 heavy (non-hydrogen) atoms. The number of benzene rings is 1. The maximum absolute atomic E-state index is 11.5. The molecule has 0 aliphatic carbocycles. The highest BCUT2D eigenvalue weighted by atomic mass is 32.2. The fourth-order valence-corrected chi connectivity index (χ4v) is 2.50. The zero-order valence-corrected chi connectivity index (χ0v) is 12.0. The van der Waals surface area contributed by atoms with Crippen LogP contribution in [0.2, 0.25) is 0 Å². The number of aromatic nitrogens is 1. The van der Waals surface area contributed by atoms with E-state index in [4.69, 9.17) is 5.14 Å². The fraction of sp³-hybridized carbons (Fsp3) is 0. The largest absolute Gasteiger partial charge is 0.311 e. The van der Waals surface area contributed by atoms with Crippen LogP contribution in [-0.4, -0.2) is 22.8 Å². The average Bonchev–Trinajstić information content (AvgIpc) is 2.45. The number of nitro benzene ring substituents is 2. The number of primary sulfonamides is 1. The molecule has 0 saturated carbocycles. The zero-order valence-electron chi connectivity index (χ0n) is 11.1. The van der Waals surface area contributed by atoms with Crippen molar-refractivity contribution in [3.8, 4) is 5.69 Å². The van der Waals surface area contributed by atoms with Crippen LogP contribution in [0.5, 0.6) is 0 Å². The van der Waals surface area contributed by atoms with Crippen LogP contribution >= 0.6 is 0 Å². The van der Waals surface area contributed by atoms with Gasteiger partial charge in [-0.1, -0.05) is 0 Å². The molecule has 0 amide bonds. The maximum Gasteiger partial charge on any atom is 0.300 e. The molecule has 11 nitrogen and oxygen atoms in total. The highest BCUT2D eigenvalue weighted by molar-refractivity contribution is 7.89. The Bertz CT molecular complexity index is 948. The van der Waals surface area contributed by atoms with Crippen molar-refractivity contribution in [3.63, 3.8) is 0 Å². The monoisotopic (exact) mass is 340 g/mol. The number of nitrogens with zero attached hydrogens (tertiary/aromatic N) is 3. The van der Waals surface area contributed by atoms with Gasteiger partial charge in [-0.25, -0.2) is 13.6 Å². The summed E-state index contributed by atoms with van der Waals surface area (Å²) < 4.78 is 23.5. The minimum atomic E-state index is -4.40. The predicted molar refractivity (Wildman–Crippen MR) is 76.7 cm³/mol. The van der Waals surface area contributed by atoms with E-state index in [2.05, 4.69) is 0 Å². The normalized spacial score (nSPS) is 11.2. The maximum atomic E-state index is 11.5. The van der Waals surface area contributed by atoms with E-state index in [1.165, 1.54) is 0 Å². The third kappa shape index (κ3) is 3.07. The summed E-state index contributed by atoms with van der Waals surface area (Å²) >= 11 is 0. The highest BCUT2D eigenvalue weighted by Crippen LogP contribution is 2.31. The number of nitrogens with two attached hydrogens (primary N) is 1. The standard InChI is InChI=1S/C11H8N4O7S/c12-23(21,22)10-6-13(5-4-9(10)16)11-7(14(17)18)2-1-3-8(11)15(19)20/h1-6H,(H2,12,21,22). The number of nitro groups is 2. The molecule has 1 aromatic heterocycles. The second kappa shape index (κ2) is 5.58. The van der Waals surface area contributed by atoms with Crippen molar-refractivity contribution in [2.45, 2.75) is 4.90 Å². The Balaban J connectivity index is 2.89. The van der Waals surface area contributed by atoms with Crippen LogP contribution in [0.4, 0.5) is 11.4 Å². The molecule has 0 aliphatic rings. The number of sulfonamides is 1. The second-order valence-electron chi connectivity index (χ2n) is 4.28. The first-order chi connectivity index (χ1) is 10.6. The van der Waals surface area contributed by atoms with Crippen molar-refractivity contribution >= 4 is 21.4 Å². The van der Waals surface area contributed by atoms with Crippen molar-refractivity contribution in [1.29, 1.82) is 0 Å². The molecule has 12 heteroatoms. The van der Waals surface area contributed by atoms with E-state index in [9.17, 15) is 33.4 Å². The third-order valence-electron chi connectivity index (χ3n) is 2.84. The van der Waals surface area contributed by atoms with Gasteiger partial charge in [0.15, 0.2) is 0 Å². The van der Waals surface area contributed by atoms with Crippen LogP contribution in [0.25, 0.3) is 5.69 Å². The molecule has 2 rings (SSSR count). The van der Waals surface area contributed by atoms with Crippen LogP contribution in [0.1, 0.15) is 0 Å². The minimum absolute atomic E-state index is 0.493. The van der Waals surface area contributed by atoms with Crippen LogP contribution in [0.15, 0.2) is 46.3 Å². The molecule has 0 radical (unpaired) electrons. The van der Waals surface area contributed by atoms with E-state index < -0.39 is 47.3 Å². The molecule has 2 aromatic rings. The lowest BCUT2D eigenvalue weighted by Gasteiger charge is -2.09. The molecular formula is C11H8N4O7S. The number of hydrogen-bond acceptors (Lipinski definition) is 7. The van der Waals surface area contributed by atoms with E-state index in [1.54, 1.807) is 0 Å². The van der Waals surface area contributed by atoms with E-state index in [1.807, 2.05) is 0 Å². The number of para-hydroxylation sites is 1. The van der Waals surface area contributed by atoms with Crippen molar-refractivity contribution in [3.05, 3.63) is 67.1 Å². The summed E-state index contributed by atoms with van der Waals surface area (Å²) in [5.74, 6) is 0. The molecule has 0 atom stereocenters. The SMILES string of the molecule is NS(=O)(=O)c1cn(-c2c([N+](=O)[O-])cccc2[N+](=O)[O-])ccc1=O. The van der Waals surface area contributed by atoms with Gasteiger partial charge in [0.05, 0.1) is 9.85 Å². The number of rotatable bonds is 4. The average molecular weight is 340 g/mol. The fourth-order valence-electron chi connectivity index (χ4n) is 1.89. The number of hydrogen-bond donors (Lipinski definition) is 1. The Morgan fingerprint density at radius 1 is 1.04 bits per heavy atom. The molecule has 0 aliphatic heterocycles. The molecular weight excluding hydrogens is 332 g/mol. The lowest BCUT2D eigenvalue weighted by atomic mass is 10.2. The summed E-state index contributed by atoms with van der Waals surface area (Å²) in [5.41, 5.74) is -2.70. The van der Waals surface area contributed by atoms with Gasteiger partial charge in [0.1, 0.15) is 4.90 Å². The molecule has 0 spiro atoms. The Hall–Kier alpha value is -3.12. The Labute approximate surface area is 127 Å². The molecule has 0 saturated heterocycles. The van der Waals surface area contributed by atoms with E-state index in [-0.39, 0.29) is 0 Å². The van der Waals surface area contributed by atoms with Crippen LogP contribution < -0.4 is 10.6 Å². The second-order valence-corrected chi connectivity index (χ2v) is 5.81. The van der Waals surface area contributed by atoms with Crippen LogP contribution in [0, 0.1) is 20.2 Å². The van der Waals surface area contributed by atoms with Gasteiger partial charge in [-0.15, -0.1) is 0 Å². The van der Waals surface area contributed by atoms with Gasteiger partial charge >= 0.3 is 0 Å². The molecule has 0 unspecified atom stereocenters. The zero-order chi connectivity index (χ0) is 17.4. The summed E-state index contributed by atoms with van der Waals surface area (Å²) in [4.78, 5) is 31.1. The topological polar surface area (TPSA) is 168 Å². The van der Waals surface area contributed by atoms with Gasteiger partial charge in [0.25, 0.3) is 11.4 Å². The van der Waals surface area contributed by atoms with Crippen molar-refractivity contribution in [2.75, 3.05) is 0 Å². The minimum Gasteiger partial charge on any atom is -0.311 e. The molecule has 0 bridgehead atoms. The van der Waals surface area contributed by atoms with Crippen molar-refractivity contribution in [2.24, 2.45) is 5.14 Å². The van der Waals surface area contributed by atoms with E-state index in [0.717, 1.165) is 35.0 Å². The first kappa shape index (κ1) is 16.3. The first-order valence-electron chi connectivity index (χ1n) is 5.80. The predicted octanol–water partition coefficient (Wildman–Crippen LogP) is 0.301. The van der Waals surface area contributed by atoms with Gasteiger partial charge in [-0.2, -0.15) is 0 Å².